The third-order valence-corrected chi connectivity index (χ3v) is 10.1. The van der Waals surface area contributed by atoms with Crippen LogP contribution in [0.15, 0.2) is 60.7 Å². The Morgan fingerprint density at radius 1 is 0.755 bits per heavy atom. The van der Waals surface area contributed by atoms with Gasteiger partial charge in [0.2, 0.25) is 5.91 Å². The van der Waals surface area contributed by atoms with Gasteiger partial charge in [-0.1, -0.05) is 34.8 Å². The molecule has 9 nitrogen and oxygen atoms in total. The zero-order valence-electron chi connectivity index (χ0n) is 25.8. The minimum absolute atomic E-state index is 0. The molecule has 2 aliphatic rings. The summed E-state index contributed by atoms with van der Waals surface area (Å²) in [6.45, 7) is 0. The number of anilines is 2. The number of carboxylic acids is 1. The molecule has 6 aromatic rings. The normalized spacial score (nSPS) is 16.8. The molecule has 256 valence electrons. The van der Waals surface area contributed by atoms with Crippen molar-refractivity contribution >= 4 is 125 Å². The van der Waals surface area contributed by atoms with E-state index in [1.807, 2.05) is 24.3 Å². The van der Waals surface area contributed by atoms with E-state index in [0.29, 0.717) is 42.4 Å². The highest BCUT2D eigenvalue weighted by molar-refractivity contribution is 7.59. The Morgan fingerprint density at radius 3 is 1.76 bits per heavy atom. The largest absolute Gasteiger partial charge is 0.481 e. The van der Waals surface area contributed by atoms with Gasteiger partial charge in [0.1, 0.15) is 23.2 Å². The molecule has 4 N–H and O–H groups in total. The highest BCUT2D eigenvalue weighted by atomic mass is 32.1. The van der Waals surface area contributed by atoms with Crippen LogP contribution in [0.5, 0.6) is 0 Å². The Hall–Kier alpha value is -4.18. The minimum atomic E-state index is -0.833. The summed E-state index contributed by atoms with van der Waals surface area (Å²) < 4.78 is 28.3. The van der Waals surface area contributed by atoms with Crippen molar-refractivity contribution in [1.29, 1.82) is 0 Å². The number of fused-ring (bicyclic) bond motifs is 6. The maximum absolute atomic E-state index is 13.3. The fourth-order valence-electron chi connectivity index (χ4n) is 5.71. The van der Waals surface area contributed by atoms with Gasteiger partial charge in [0.25, 0.3) is 0 Å². The summed E-state index contributed by atoms with van der Waals surface area (Å²) in [5, 5.41) is 15.9. The third kappa shape index (κ3) is 8.71. The number of carbonyl (C=O) groups is 4. The van der Waals surface area contributed by atoms with Gasteiger partial charge >= 0.3 is 5.97 Å². The van der Waals surface area contributed by atoms with E-state index in [-0.39, 0.29) is 68.4 Å². The van der Waals surface area contributed by atoms with Crippen molar-refractivity contribution in [2.75, 3.05) is 11.1 Å². The van der Waals surface area contributed by atoms with Gasteiger partial charge < -0.3 is 16.2 Å². The lowest BCUT2D eigenvalue weighted by Gasteiger charge is -2.06. The molecular formula is C34H32F2N4O5S4. The number of hydrogen-bond donors (Lipinski definition) is 3. The smallest absolute Gasteiger partial charge is 0.306 e. The molecule has 8 rings (SSSR count). The van der Waals surface area contributed by atoms with Crippen molar-refractivity contribution in [2.24, 2.45) is 11.8 Å². The van der Waals surface area contributed by atoms with E-state index in [1.165, 1.54) is 46.9 Å². The predicted octanol–water partition coefficient (Wildman–Crippen LogP) is 7.73. The van der Waals surface area contributed by atoms with Crippen LogP contribution in [0.25, 0.3) is 42.0 Å². The number of carbonyl (C=O) groups excluding carboxylic acids is 3. The lowest BCUT2D eigenvalue weighted by molar-refractivity contribution is -0.142. The van der Waals surface area contributed by atoms with E-state index in [4.69, 9.17) is 10.8 Å². The molecule has 0 bridgehead atoms. The summed E-state index contributed by atoms with van der Waals surface area (Å²) in [5.74, 6) is -1.89. The van der Waals surface area contributed by atoms with Gasteiger partial charge in [-0.05, 0) is 72.1 Å². The molecule has 0 saturated heterocycles. The molecule has 0 aliphatic heterocycles. The average Bonchev–Trinajstić information content (AvgIpc) is 3.84. The number of rotatable bonds is 3. The second-order valence-corrected chi connectivity index (χ2v) is 13.4. The van der Waals surface area contributed by atoms with E-state index >= 15 is 0 Å². The fraction of sp³-hybridized carbons (Fsp3) is 0.235. The molecule has 4 aromatic carbocycles. The van der Waals surface area contributed by atoms with Crippen LogP contribution in [0.1, 0.15) is 38.5 Å². The molecule has 1 amide bonds. The molecular weight excluding hydrogens is 711 g/mol. The summed E-state index contributed by atoms with van der Waals surface area (Å²) in [5.41, 5.74) is 7.29. The van der Waals surface area contributed by atoms with E-state index in [0.717, 1.165) is 42.0 Å². The summed E-state index contributed by atoms with van der Waals surface area (Å²) in [4.78, 5) is 52.8. The summed E-state index contributed by atoms with van der Waals surface area (Å²) >= 11 is 2.80. The van der Waals surface area contributed by atoms with Crippen LogP contribution in [0.2, 0.25) is 0 Å². The number of halogens is 2. The van der Waals surface area contributed by atoms with E-state index in [1.54, 1.807) is 12.1 Å². The van der Waals surface area contributed by atoms with Gasteiger partial charge in [-0.25, -0.2) is 18.7 Å². The number of nitrogens with one attached hydrogen (secondary N) is 1. The Labute approximate surface area is 300 Å². The van der Waals surface area contributed by atoms with Crippen LogP contribution in [0.3, 0.4) is 0 Å². The molecule has 2 heterocycles. The van der Waals surface area contributed by atoms with Crippen LogP contribution < -0.4 is 11.1 Å². The van der Waals surface area contributed by atoms with Crippen LogP contribution in [-0.4, -0.2) is 38.5 Å². The van der Waals surface area contributed by atoms with Crippen LogP contribution >= 0.6 is 49.7 Å². The molecule has 0 spiro atoms. The van der Waals surface area contributed by atoms with E-state index in [9.17, 15) is 28.0 Å². The topological polar surface area (TPSA) is 152 Å². The quantitative estimate of drug-likeness (QED) is 0.167. The molecule has 2 atom stereocenters. The van der Waals surface area contributed by atoms with Gasteiger partial charge in [0.05, 0.1) is 26.4 Å². The number of aromatic nitrogens is 2. The first-order valence-corrected chi connectivity index (χ1v) is 16.5. The van der Waals surface area contributed by atoms with Crippen LogP contribution in [-0.2, 0) is 19.2 Å². The van der Waals surface area contributed by atoms with Crippen molar-refractivity contribution in [3.8, 4) is 0 Å². The molecule has 15 heteroatoms. The third-order valence-electron chi connectivity index (χ3n) is 8.12. The first-order valence-electron chi connectivity index (χ1n) is 14.8. The van der Waals surface area contributed by atoms with Gasteiger partial charge in [0.15, 0.2) is 10.3 Å². The highest BCUT2D eigenvalue weighted by Crippen LogP contribution is 2.34. The van der Waals surface area contributed by atoms with Crippen molar-refractivity contribution < 1.29 is 33.1 Å². The SMILES string of the molecule is Nc1nc2ccc3cc(F)ccc3c2s1.O=C1CC[C@@H](C(=O)Nc2nc3ccc4cc(F)ccc4c3s2)C1.O=C1CC[C@@H](C(=O)O)C1.S.S. The Kier molecular flexibility index (Phi) is 12.3. The molecule has 0 radical (unpaired) electrons. The number of carboxylic acid groups (broad SMARTS) is 1. The van der Waals surface area contributed by atoms with Gasteiger partial charge in [-0.2, -0.15) is 27.0 Å². The Morgan fingerprint density at radius 2 is 1.27 bits per heavy atom. The number of nitrogen functional groups attached to an aromatic ring is 1. The second-order valence-electron chi connectivity index (χ2n) is 11.4. The van der Waals surface area contributed by atoms with Crippen molar-refractivity contribution in [3.05, 3.63) is 72.3 Å². The van der Waals surface area contributed by atoms with Gasteiger partial charge in [0, 0.05) is 42.4 Å². The lowest BCUT2D eigenvalue weighted by Crippen LogP contribution is -2.20. The first kappa shape index (κ1) is 37.6. The maximum Gasteiger partial charge on any atom is 0.306 e. The number of benzene rings is 4. The van der Waals surface area contributed by atoms with E-state index < -0.39 is 11.9 Å². The second kappa shape index (κ2) is 16.0. The minimum Gasteiger partial charge on any atom is -0.481 e. The van der Waals surface area contributed by atoms with Crippen molar-refractivity contribution in [3.63, 3.8) is 0 Å². The zero-order valence-corrected chi connectivity index (χ0v) is 29.4. The summed E-state index contributed by atoms with van der Waals surface area (Å²) in [7, 11) is 0. The molecule has 0 unspecified atom stereocenters. The molecule has 2 fully saturated rings. The summed E-state index contributed by atoms with van der Waals surface area (Å²) in [6, 6.07) is 16.7. The monoisotopic (exact) mass is 742 g/mol. The first-order chi connectivity index (χ1) is 22.5. The molecule has 49 heavy (non-hydrogen) atoms. The number of nitrogens with two attached hydrogens (primary N) is 1. The molecule has 2 saturated carbocycles. The van der Waals surface area contributed by atoms with Crippen molar-refractivity contribution in [2.45, 2.75) is 38.5 Å². The number of nitrogens with zero attached hydrogens (tertiary/aromatic N) is 2. The summed E-state index contributed by atoms with van der Waals surface area (Å²) in [6.07, 6.45) is 2.64. The van der Waals surface area contributed by atoms with Gasteiger partial charge in [-0.15, -0.1) is 0 Å². The highest BCUT2D eigenvalue weighted by Gasteiger charge is 2.29. The number of Topliss-reactive ketones (excluding diaryl/α,β-unsaturated/α-hetero) is 2. The zero-order chi connectivity index (χ0) is 33.2. The Bertz CT molecular complexity index is 2210. The molecule has 2 aromatic heterocycles. The standard InChI is InChI=1S/C17H13FN2O2S.C11H7FN2S.C6H8O3.2H2S/c18-11-3-5-13-9(7-11)2-6-14-15(13)23-17(19-14)20-16(22)10-1-4-12(21)8-10;12-7-2-3-8-6(5-7)1-4-9-10(8)15-11(13)14-9;7-5-2-1-4(3-5)6(8)9;;/h2-3,5-7,10H,1,4,8H2,(H,19,20,22);1-5H,(H2,13,14);4H,1-3H2,(H,8,9);2*1H2/t10-;;4-;;/m1.1../s1. The lowest BCUT2D eigenvalue weighted by atomic mass is 10.1. The Balaban J connectivity index is 0.000000179. The van der Waals surface area contributed by atoms with Crippen LogP contribution in [0.4, 0.5) is 19.0 Å². The fourth-order valence-corrected chi connectivity index (χ4v) is 7.58. The predicted molar refractivity (Wildman–Crippen MR) is 200 cm³/mol. The van der Waals surface area contributed by atoms with E-state index in [2.05, 4.69) is 15.3 Å². The van der Waals surface area contributed by atoms with Crippen molar-refractivity contribution in [1.82, 2.24) is 9.97 Å². The number of ketones is 2. The number of aliphatic carboxylic acids is 1. The average molecular weight is 743 g/mol. The number of thiazole rings is 2. The molecule has 2 aliphatic carbocycles. The van der Waals surface area contributed by atoms with Gasteiger partial charge in [-0.3, -0.25) is 19.2 Å². The number of amides is 1. The number of hydrogen-bond acceptors (Lipinski definition) is 9. The maximum atomic E-state index is 13.3. The van der Waals surface area contributed by atoms with Crippen LogP contribution in [0, 0.1) is 23.5 Å².